The molecule has 196 valence electrons. The molecule has 2 amide bonds. The molecule has 1 aliphatic rings. The molecule has 1 unspecified atom stereocenters. The first-order valence-corrected chi connectivity index (χ1v) is 12.0. The molecule has 37 heavy (non-hydrogen) atoms. The summed E-state index contributed by atoms with van der Waals surface area (Å²) in [5.41, 5.74) is -1.06. The number of nitrogens with one attached hydrogen (secondary N) is 4. The highest BCUT2D eigenvalue weighted by molar-refractivity contribution is 7.11. The smallest absolute Gasteiger partial charge is 0.369 e. The number of rotatable bonds is 8. The van der Waals surface area contributed by atoms with E-state index in [1.54, 1.807) is 6.92 Å². The Labute approximate surface area is 216 Å². The van der Waals surface area contributed by atoms with E-state index in [0.29, 0.717) is 24.2 Å². The van der Waals surface area contributed by atoms with Crippen LogP contribution in [0.3, 0.4) is 0 Å². The molecule has 0 aromatic carbocycles. The predicted octanol–water partition coefficient (Wildman–Crippen LogP) is 2.30. The summed E-state index contributed by atoms with van der Waals surface area (Å²) in [6.07, 6.45) is -2.83. The molecule has 3 aromatic rings. The molecule has 1 saturated heterocycles. The van der Waals surface area contributed by atoms with E-state index >= 15 is 0 Å². The van der Waals surface area contributed by atoms with Gasteiger partial charge in [-0.3, -0.25) is 9.59 Å². The quantitative estimate of drug-likeness (QED) is 0.263. The van der Waals surface area contributed by atoms with Crippen molar-refractivity contribution in [3.8, 4) is 0 Å². The normalized spacial score (nSPS) is 15.4. The molecule has 11 nitrogen and oxygen atoms in total. The fourth-order valence-electron chi connectivity index (χ4n) is 3.16. The van der Waals surface area contributed by atoms with Gasteiger partial charge in [-0.05, 0) is 13.0 Å². The van der Waals surface area contributed by atoms with E-state index < -0.39 is 40.8 Å². The fourth-order valence-corrected chi connectivity index (χ4v) is 4.23. The molecule has 0 aliphatic carbocycles. The lowest BCUT2D eigenvalue weighted by atomic mass is 10.1. The number of amides is 2. The van der Waals surface area contributed by atoms with Crippen LogP contribution in [0.2, 0.25) is 5.02 Å². The summed E-state index contributed by atoms with van der Waals surface area (Å²) >= 11 is 6.59. The Morgan fingerprint density at radius 2 is 1.84 bits per heavy atom. The lowest BCUT2D eigenvalue weighted by Gasteiger charge is -2.27. The number of anilines is 1. The molecule has 0 radical (unpaired) electrons. The number of nitrogens with zero attached hydrogens (tertiary/aromatic N) is 4. The zero-order valence-corrected chi connectivity index (χ0v) is 20.6. The average Bonchev–Trinajstić information content (AvgIpc) is 3.32. The van der Waals surface area contributed by atoms with Gasteiger partial charge in [-0.25, -0.2) is 19.9 Å². The van der Waals surface area contributed by atoms with Gasteiger partial charge < -0.3 is 26.4 Å². The summed E-state index contributed by atoms with van der Waals surface area (Å²) in [7, 11) is 0. The number of thiazole rings is 1. The molecule has 0 spiro atoms. The van der Waals surface area contributed by atoms with Crippen LogP contribution in [0.1, 0.15) is 55.6 Å². The molecule has 2 atom stereocenters. The zero-order valence-electron chi connectivity index (χ0n) is 19.0. The topological polar surface area (TPSA) is 154 Å². The van der Waals surface area contributed by atoms with Crippen LogP contribution < -0.4 is 21.3 Å². The third kappa shape index (κ3) is 6.49. The first kappa shape index (κ1) is 26.7. The summed E-state index contributed by atoms with van der Waals surface area (Å²) < 4.78 is 39.2. The predicted molar refractivity (Wildman–Crippen MR) is 127 cm³/mol. The maximum absolute atomic E-state index is 13.1. The average molecular weight is 557 g/mol. The highest BCUT2D eigenvalue weighted by Crippen LogP contribution is 2.36. The van der Waals surface area contributed by atoms with Gasteiger partial charge >= 0.3 is 6.18 Å². The minimum Gasteiger partial charge on any atom is -0.369 e. The first-order chi connectivity index (χ1) is 17.5. The number of pyridine rings is 1. The van der Waals surface area contributed by atoms with Gasteiger partial charge in [-0.2, -0.15) is 13.2 Å². The van der Waals surface area contributed by atoms with Crippen LogP contribution in [0.5, 0.6) is 0 Å². The molecular weight excluding hydrogens is 537 g/mol. The highest BCUT2D eigenvalue weighted by atomic mass is 35.5. The third-order valence-corrected chi connectivity index (χ3v) is 6.76. The van der Waals surface area contributed by atoms with Crippen molar-refractivity contribution >= 4 is 40.6 Å². The maximum atomic E-state index is 13.1. The number of aliphatic hydroxyl groups excluding tert-OH is 1. The van der Waals surface area contributed by atoms with E-state index in [1.807, 2.05) is 0 Å². The van der Waals surface area contributed by atoms with E-state index in [1.165, 1.54) is 12.3 Å². The Morgan fingerprint density at radius 3 is 2.49 bits per heavy atom. The molecule has 1 aliphatic heterocycles. The molecule has 0 bridgehead atoms. The van der Waals surface area contributed by atoms with Gasteiger partial charge in [-0.15, -0.1) is 11.3 Å². The second kappa shape index (κ2) is 10.9. The maximum Gasteiger partial charge on any atom is 0.418 e. The molecule has 16 heteroatoms. The van der Waals surface area contributed by atoms with Crippen LogP contribution in [0.4, 0.5) is 19.0 Å². The first-order valence-electron chi connectivity index (χ1n) is 10.8. The Kier molecular flexibility index (Phi) is 7.87. The van der Waals surface area contributed by atoms with Crippen LogP contribution in [0.25, 0.3) is 0 Å². The third-order valence-electron chi connectivity index (χ3n) is 5.22. The number of hydrogen-bond donors (Lipinski definition) is 5. The largest absolute Gasteiger partial charge is 0.418 e. The Hall–Kier alpha value is -3.40. The molecular formula is C21H20ClF3N8O3S. The Balaban J connectivity index is 1.38. The second-order valence-corrected chi connectivity index (χ2v) is 9.51. The van der Waals surface area contributed by atoms with Crippen molar-refractivity contribution in [1.82, 2.24) is 35.9 Å². The lowest BCUT2D eigenvalue weighted by molar-refractivity contribution is -0.137. The van der Waals surface area contributed by atoms with Gasteiger partial charge in [0.1, 0.15) is 28.5 Å². The SMILES string of the molecule is C[C@@H](NC(=O)c1cc(C(=O)NC2CNC2)ncn1)c1ncc(C(O)Nc2cc(C(F)(F)F)c(Cl)cn2)s1. The van der Waals surface area contributed by atoms with E-state index in [4.69, 9.17) is 11.6 Å². The van der Waals surface area contributed by atoms with E-state index in [9.17, 15) is 27.9 Å². The van der Waals surface area contributed by atoms with Gasteiger partial charge in [0.2, 0.25) is 0 Å². The van der Waals surface area contributed by atoms with Gasteiger partial charge in [-0.1, -0.05) is 11.6 Å². The van der Waals surface area contributed by atoms with Crippen molar-refractivity contribution in [2.24, 2.45) is 0 Å². The number of halogens is 4. The lowest BCUT2D eigenvalue weighted by Crippen LogP contribution is -2.57. The van der Waals surface area contributed by atoms with Crippen molar-refractivity contribution in [2.45, 2.75) is 31.4 Å². The van der Waals surface area contributed by atoms with E-state index in [0.717, 1.165) is 23.9 Å². The van der Waals surface area contributed by atoms with Crippen molar-refractivity contribution in [3.63, 3.8) is 0 Å². The number of carbonyl (C=O) groups excluding carboxylic acids is 2. The number of hydrogen-bond acceptors (Lipinski definition) is 10. The number of alkyl halides is 3. The standard InChI is InChI=1S/C21H20ClF3N8O3S/c1-9(31-17(34)13-3-14(30-8-29-13)18(35)32-10-4-26-5-10)20-28-7-15(37-20)19(36)33-16-2-11(21(23,24)25)12(22)6-27-16/h2-3,6-10,19,26,36H,4-5H2,1H3,(H,27,33)(H,31,34)(H,32,35)/t9-,19?/m1/s1. The molecule has 1 fully saturated rings. The van der Waals surface area contributed by atoms with Crippen LogP contribution in [-0.2, 0) is 6.18 Å². The summed E-state index contributed by atoms with van der Waals surface area (Å²) in [6.45, 7) is 2.97. The Morgan fingerprint density at radius 1 is 1.14 bits per heavy atom. The minimum atomic E-state index is -4.69. The zero-order chi connectivity index (χ0) is 26.7. The van der Waals surface area contributed by atoms with Crippen molar-refractivity contribution in [1.29, 1.82) is 0 Å². The fraction of sp³-hybridized carbons (Fsp3) is 0.333. The van der Waals surface area contributed by atoms with Crippen LogP contribution >= 0.6 is 22.9 Å². The van der Waals surface area contributed by atoms with Crippen LogP contribution in [0.15, 0.2) is 30.9 Å². The van der Waals surface area contributed by atoms with Crippen LogP contribution in [-0.4, -0.2) is 56.0 Å². The molecule has 4 heterocycles. The summed E-state index contributed by atoms with van der Waals surface area (Å²) in [5.74, 6) is -1.23. The van der Waals surface area contributed by atoms with E-state index in [2.05, 4.69) is 41.2 Å². The molecule has 5 N–H and O–H groups in total. The number of aliphatic hydroxyl groups is 1. The second-order valence-electron chi connectivity index (χ2n) is 8.01. The van der Waals surface area contributed by atoms with Gasteiger partial charge in [0.25, 0.3) is 11.8 Å². The van der Waals surface area contributed by atoms with Gasteiger partial charge in [0, 0.05) is 31.5 Å². The summed E-state index contributed by atoms with van der Waals surface area (Å²) in [5, 5.41) is 21.2. The summed E-state index contributed by atoms with van der Waals surface area (Å²) in [6, 6.07) is 1.36. The molecule has 4 rings (SSSR count). The molecule has 0 saturated carbocycles. The van der Waals surface area contributed by atoms with Crippen LogP contribution in [0, 0.1) is 0 Å². The van der Waals surface area contributed by atoms with Gasteiger partial charge in [0.15, 0.2) is 6.23 Å². The van der Waals surface area contributed by atoms with Crippen molar-refractivity contribution < 1.29 is 27.9 Å². The van der Waals surface area contributed by atoms with E-state index in [-0.39, 0.29) is 28.1 Å². The number of aromatic nitrogens is 4. The van der Waals surface area contributed by atoms with Crippen molar-refractivity contribution in [2.75, 3.05) is 18.4 Å². The summed E-state index contributed by atoms with van der Waals surface area (Å²) in [4.78, 5) is 41.0. The highest BCUT2D eigenvalue weighted by Gasteiger charge is 2.34. The minimum absolute atomic E-state index is 0.00543. The monoisotopic (exact) mass is 556 g/mol. The number of carbonyl (C=O) groups is 2. The Bertz CT molecular complexity index is 1300. The van der Waals surface area contributed by atoms with Crippen molar-refractivity contribution in [3.05, 3.63) is 62.7 Å². The van der Waals surface area contributed by atoms with Gasteiger partial charge in [0.05, 0.1) is 27.5 Å². The molecule has 3 aromatic heterocycles.